The van der Waals surface area contributed by atoms with E-state index in [1.807, 2.05) is 83.1 Å². The highest BCUT2D eigenvalue weighted by Gasteiger charge is 2.18. The lowest BCUT2D eigenvalue weighted by Gasteiger charge is -2.13. The lowest BCUT2D eigenvalue weighted by molar-refractivity contribution is -0.113. The number of hydrogen-bond donors (Lipinski definition) is 2. The van der Waals surface area contributed by atoms with Gasteiger partial charge >= 0.3 is 0 Å². The summed E-state index contributed by atoms with van der Waals surface area (Å²) in [5, 5.41) is 6.40. The first-order valence-electron chi connectivity index (χ1n) is 10.1. The molecule has 31 heavy (non-hydrogen) atoms. The topological polar surface area (TPSA) is 71.1 Å². The first-order valence-corrected chi connectivity index (χ1v) is 11.1. The summed E-state index contributed by atoms with van der Waals surface area (Å²) >= 11 is 1.27. The van der Waals surface area contributed by atoms with Crippen molar-refractivity contribution in [3.05, 3.63) is 82.0 Å². The highest BCUT2D eigenvalue weighted by Crippen LogP contribution is 2.26. The number of nitrogens with one attached hydrogen (secondary N) is 2. The number of nitrogens with zero attached hydrogens (tertiary/aromatic N) is 1. The number of pyridine rings is 1. The number of amides is 2. The van der Waals surface area contributed by atoms with Gasteiger partial charge in [-0.2, -0.15) is 0 Å². The van der Waals surface area contributed by atoms with Crippen molar-refractivity contribution in [3.8, 4) is 0 Å². The lowest BCUT2D eigenvalue weighted by atomic mass is 10.1. The van der Waals surface area contributed by atoms with Crippen LogP contribution in [0.25, 0.3) is 0 Å². The molecule has 3 aromatic rings. The third-order valence-electron chi connectivity index (χ3n) is 4.98. The number of aromatic nitrogens is 1. The molecular formula is C25H27N3O2S. The molecular weight excluding hydrogens is 406 g/mol. The molecule has 0 spiro atoms. The molecule has 0 aliphatic rings. The zero-order valence-corrected chi connectivity index (χ0v) is 19.3. The molecule has 1 aromatic heterocycles. The minimum atomic E-state index is -0.231. The van der Waals surface area contributed by atoms with E-state index in [1.165, 1.54) is 17.3 Å². The van der Waals surface area contributed by atoms with Crippen molar-refractivity contribution in [2.24, 2.45) is 0 Å². The minimum Gasteiger partial charge on any atom is -0.325 e. The van der Waals surface area contributed by atoms with Gasteiger partial charge in [-0.25, -0.2) is 4.98 Å². The molecule has 0 aliphatic heterocycles. The molecule has 0 atom stereocenters. The zero-order chi connectivity index (χ0) is 22.5. The van der Waals surface area contributed by atoms with Crippen LogP contribution in [0.15, 0.2) is 53.6 Å². The Morgan fingerprint density at radius 1 is 0.806 bits per heavy atom. The summed E-state index contributed by atoms with van der Waals surface area (Å²) in [5.41, 5.74) is 7.04. The van der Waals surface area contributed by atoms with E-state index in [0.717, 1.165) is 33.8 Å². The Bertz CT molecular complexity index is 1120. The van der Waals surface area contributed by atoms with E-state index in [-0.39, 0.29) is 17.6 Å². The van der Waals surface area contributed by atoms with E-state index in [0.29, 0.717) is 10.6 Å². The maximum absolute atomic E-state index is 13.0. The van der Waals surface area contributed by atoms with Crippen LogP contribution in [-0.4, -0.2) is 22.6 Å². The average Bonchev–Trinajstić information content (AvgIpc) is 2.70. The standard InChI is InChI=1S/C25H27N3O2S/c1-15-6-9-20(10-7-15)28-24(30)23-18(4)12-19(5)26-25(23)31-14-22(29)27-21-11-8-16(2)17(3)13-21/h6-13H,14H2,1-5H3,(H,27,29)(H,28,30). The molecule has 2 N–H and O–H groups in total. The van der Waals surface area contributed by atoms with Gasteiger partial charge in [-0.3, -0.25) is 9.59 Å². The molecule has 2 amide bonds. The molecule has 0 fully saturated rings. The van der Waals surface area contributed by atoms with Gasteiger partial charge in [0.15, 0.2) is 0 Å². The van der Waals surface area contributed by atoms with Crippen molar-refractivity contribution < 1.29 is 9.59 Å². The van der Waals surface area contributed by atoms with Gasteiger partial charge in [0.2, 0.25) is 5.91 Å². The van der Waals surface area contributed by atoms with Crippen molar-refractivity contribution in [1.82, 2.24) is 4.98 Å². The number of thioether (sulfide) groups is 1. The quantitative estimate of drug-likeness (QED) is 0.496. The van der Waals surface area contributed by atoms with E-state index in [2.05, 4.69) is 15.6 Å². The van der Waals surface area contributed by atoms with Crippen molar-refractivity contribution in [3.63, 3.8) is 0 Å². The van der Waals surface area contributed by atoms with Crippen molar-refractivity contribution in [2.45, 2.75) is 39.6 Å². The first kappa shape index (κ1) is 22.6. The predicted molar refractivity (Wildman–Crippen MR) is 128 cm³/mol. The van der Waals surface area contributed by atoms with Crippen LogP contribution in [0.4, 0.5) is 11.4 Å². The lowest BCUT2D eigenvalue weighted by Crippen LogP contribution is -2.18. The number of carbonyl (C=O) groups excluding carboxylic acids is 2. The van der Waals surface area contributed by atoms with Crippen LogP contribution in [0, 0.1) is 34.6 Å². The molecule has 160 valence electrons. The Morgan fingerprint density at radius 3 is 2.16 bits per heavy atom. The summed E-state index contributed by atoms with van der Waals surface area (Å²) in [6, 6.07) is 15.3. The molecule has 3 rings (SSSR count). The van der Waals surface area contributed by atoms with Crippen LogP contribution in [-0.2, 0) is 4.79 Å². The molecule has 1 heterocycles. The Labute approximate surface area is 187 Å². The molecule has 2 aromatic carbocycles. The summed E-state index contributed by atoms with van der Waals surface area (Å²) in [6.45, 7) is 9.81. The smallest absolute Gasteiger partial charge is 0.258 e. The number of hydrogen-bond acceptors (Lipinski definition) is 4. The number of rotatable bonds is 6. The molecule has 0 saturated carbocycles. The second-order valence-electron chi connectivity index (χ2n) is 7.72. The number of benzene rings is 2. The third-order valence-corrected chi connectivity index (χ3v) is 5.95. The van der Waals surface area contributed by atoms with Gasteiger partial charge in [-0.15, -0.1) is 0 Å². The summed E-state index contributed by atoms with van der Waals surface area (Å²) < 4.78 is 0. The highest BCUT2D eigenvalue weighted by atomic mass is 32.2. The van der Waals surface area contributed by atoms with Gasteiger partial charge in [-0.05, 0) is 81.6 Å². The summed E-state index contributed by atoms with van der Waals surface area (Å²) in [6.07, 6.45) is 0. The van der Waals surface area contributed by atoms with Gasteiger partial charge in [0.1, 0.15) is 5.03 Å². The van der Waals surface area contributed by atoms with Crippen LogP contribution in [0.3, 0.4) is 0 Å². The number of carbonyl (C=O) groups is 2. The number of aryl methyl sites for hydroxylation is 5. The van der Waals surface area contributed by atoms with Gasteiger partial charge in [-0.1, -0.05) is 35.5 Å². The van der Waals surface area contributed by atoms with Crippen molar-refractivity contribution >= 4 is 35.0 Å². The zero-order valence-electron chi connectivity index (χ0n) is 18.5. The van der Waals surface area contributed by atoms with Crippen molar-refractivity contribution in [2.75, 3.05) is 16.4 Å². The van der Waals surface area contributed by atoms with E-state index in [1.54, 1.807) is 0 Å². The van der Waals surface area contributed by atoms with Crippen LogP contribution >= 0.6 is 11.8 Å². The molecule has 5 nitrogen and oxygen atoms in total. The second kappa shape index (κ2) is 9.79. The highest BCUT2D eigenvalue weighted by molar-refractivity contribution is 8.00. The van der Waals surface area contributed by atoms with Gasteiger partial charge in [0, 0.05) is 17.1 Å². The van der Waals surface area contributed by atoms with Crippen LogP contribution in [0.2, 0.25) is 0 Å². The monoisotopic (exact) mass is 433 g/mol. The molecule has 6 heteroatoms. The molecule has 0 saturated heterocycles. The molecule has 0 radical (unpaired) electrons. The number of anilines is 2. The average molecular weight is 434 g/mol. The van der Waals surface area contributed by atoms with Crippen LogP contribution in [0.5, 0.6) is 0 Å². The first-order chi connectivity index (χ1) is 14.7. The fourth-order valence-electron chi connectivity index (χ4n) is 3.16. The fraction of sp³-hybridized carbons (Fsp3) is 0.240. The molecule has 0 aliphatic carbocycles. The van der Waals surface area contributed by atoms with E-state index in [9.17, 15) is 9.59 Å². The van der Waals surface area contributed by atoms with Crippen molar-refractivity contribution in [1.29, 1.82) is 0 Å². The maximum atomic E-state index is 13.0. The summed E-state index contributed by atoms with van der Waals surface area (Å²) in [7, 11) is 0. The molecule has 0 unspecified atom stereocenters. The van der Waals surface area contributed by atoms with E-state index >= 15 is 0 Å². The van der Waals surface area contributed by atoms with Crippen LogP contribution in [0.1, 0.15) is 38.3 Å². The second-order valence-corrected chi connectivity index (χ2v) is 8.68. The van der Waals surface area contributed by atoms with Gasteiger partial charge in [0.05, 0.1) is 11.3 Å². The molecule has 0 bridgehead atoms. The SMILES string of the molecule is Cc1ccc(NC(=O)c2c(C)cc(C)nc2SCC(=O)Nc2ccc(C)c(C)c2)cc1. The van der Waals surface area contributed by atoms with Crippen LogP contribution < -0.4 is 10.6 Å². The van der Waals surface area contributed by atoms with Gasteiger partial charge < -0.3 is 10.6 Å². The predicted octanol–water partition coefficient (Wildman–Crippen LogP) is 5.61. The minimum absolute atomic E-state index is 0.140. The Kier molecular flexibility index (Phi) is 7.13. The van der Waals surface area contributed by atoms with Gasteiger partial charge in [0.25, 0.3) is 5.91 Å². The Hall–Kier alpha value is -3.12. The van der Waals surface area contributed by atoms with E-state index < -0.39 is 0 Å². The summed E-state index contributed by atoms with van der Waals surface area (Å²) in [5.74, 6) is -0.210. The Morgan fingerprint density at radius 2 is 1.48 bits per heavy atom. The maximum Gasteiger partial charge on any atom is 0.258 e. The van der Waals surface area contributed by atoms with E-state index in [4.69, 9.17) is 0 Å². The third kappa shape index (κ3) is 5.95. The Balaban J connectivity index is 1.74. The fourth-order valence-corrected chi connectivity index (χ4v) is 4.11. The summed E-state index contributed by atoms with van der Waals surface area (Å²) in [4.78, 5) is 30.0. The normalized spacial score (nSPS) is 10.6. The largest absolute Gasteiger partial charge is 0.325 e.